The second-order valence-electron chi connectivity index (χ2n) is 12.2. The molecule has 0 saturated heterocycles. The first-order valence-electron chi connectivity index (χ1n) is 15.6. The number of benzene rings is 5. The third kappa shape index (κ3) is 3.97. The fourth-order valence-corrected chi connectivity index (χ4v) is 8.85. The average molecular weight is 595 g/mol. The molecule has 0 radical (unpaired) electrons. The lowest BCUT2D eigenvalue weighted by Gasteiger charge is -2.43. The molecule has 214 valence electrons. The summed E-state index contributed by atoms with van der Waals surface area (Å²) in [5.74, 6) is 1.23. The number of aromatic nitrogens is 2. The molecule has 9 rings (SSSR count). The second-order valence-corrected chi connectivity index (χ2v) is 13.3. The Bertz CT molecular complexity index is 2120. The molecule has 0 bridgehead atoms. The largest absolute Gasteiger partial charge is 0.228 e. The average Bonchev–Trinajstić information content (AvgIpc) is 3.40. The lowest BCUT2D eigenvalue weighted by Crippen LogP contribution is -2.34. The van der Waals surface area contributed by atoms with Crippen LogP contribution in [0.4, 0.5) is 0 Å². The number of allylic oxidation sites excluding steroid dienone is 3. The highest BCUT2D eigenvalue weighted by Crippen LogP contribution is 2.64. The van der Waals surface area contributed by atoms with Gasteiger partial charge in [-0.1, -0.05) is 152 Å². The van der Waals surface area contributed by atoms with Crippen molar-refractivity contribution in [1.29, 1.82) is 0 Å². The molecule has 0 saturated carbocycles. The van der Waals surface area contributed by atoms with Crippen molar-refractivity contribution < 1.29 is 0 Å². The molecule has 1 aliphatic heterocycles. The molecule has 2 nitrogen and oxygen atoms in total. The first-order valence-corrected chi connectivity index (χ1v) is 16.5. The molecule has 2 unspecified atom stereocenters. The zero-order valence-corrected chi connectivity index (χ0v) is 25.8. The SMILES string of the molecule is CC1C=CC2=C(C1)C1(c3ccccc3S2)c2ccccc2-c2c(-c3nc(-c4ccccc4)cc(-c4ccccc4)n3)cccc21. The molecule has 6 aromatic rings. The Kier molecular flexibility index (Phi) is 6.04. The van der Waals surface area contributed by atoms with Gasteiger partial charge < -0.3 is 0 Å². The zero-order valence-electron chi connectivity index (χ0n) is 24.9. The Morgan fingerprint density at radius 2 is 1.22 bits per heavy atom. The molecule has 2 heterocycles. The van der Waals surface area contributed by atoms with Crippen molar-refractivity contribution in [1.82, 2.24) is 9.97 Å². The van der Waals surface area contributed by atoms with Crippen LogP contribution in [0.3, 0.4) is 0 Å². The summed E-state index contributed by atoms with van der Waals surface area (Å²) in [5.41, 5.74) is 12.8. The van der Waals surface area contributed by atoms with Gasteiger partial charge in [0.05, 0.1) is 16.8 Å². The molecule has 5 aromatic carbocycles. The molecule has 1 spiro atoms. The Labute approximate surface area is 268 Å². The minimum absolute atomic E-state index is 0.364. The van der Waals surface area contributed by atoms with Gasteiger partial charge in [0.15, 0.2) is 5.82 Å². The van der Waals surface area contributed by atoms with E-state index in [1.165, 1.54) is 43.2 Å². The highest BCUT2D eigenvalue weighted by atomic mass is 32.2. The smallest absolute Gasteiger partial charge is 0.161 e. The number of rotatable bonds is 3. The van der Waals surface area contributed by atoms with E-state index >= 15 is 0 Å². The first-order chi connectivity index (χ1) is 22.2. The highest BCUT2D eigenvalue weighted by Gasteiger charge is 2.52. The van der Waals surface area contributed by atoms with Crippen molar-refractivity contribution in [2.24, 2.45) is 5.92 Å². The van der Waals surface area contributed by atoms with Gasteiger partial charge in [-0.2, -0.15) is 0 Å². The van der Waals surface area contributed by atoms with Crippen LogP contribution in [0, 0.1) is 5.92 Å². The van der Waals surface area contributed by atoms with Crippen LogP contribution in [0.25, 0.3) is 45.0 Å². The van der Waals surface area contributed by atoms with E-state index in [0.717, 1.165) is 40.3 Å². The monoisotopic (exact) mass is 594 g/mol. The van der Waals surface area contributed by atoms with Crippen LogP contribution in [-0.2, 0) is 5.41 Å². The van der Waals surface area contributed by atoms with Crippen LogP contribution >= 0.6 is 11.8 Å². The van der Waals surface area contributed by atoms with Crippen LogP contribution in [0.1, 0.15) is 30.0 Å². The minimum Gasteiger partial charge on any atom is -0.228 e. The zero-order chi connectivity index (χ0) is 30.0. The van der Waals surface area contributed by atoms with Crippen LogP contribution in [0.15, 0.2) is 161 Å². The number of nitrogens with zero attached hydrogens (tertiary/aromatic N) is 2. The van der Waals surface area contributed by atoms with Crippen molar-refractivity contribution in [2.45, 2.75) is 23.7 Å². The summed E-state index contributed by atoms with van der Waals surface area (Å²) in [7, 11) is 0. The molecule has 0 amide bonds. The number of hydrogen-bond donors (Lipinski definition) is 0. The molecule has 2 aliphatic carbocycles. The highest BCUT2D eigenvalue weighted by molar-refractivity contribution is 8.03. The van der Waals surface area contributed by atoms with Crippen molar-refractivity contribution in [3.63, 3.8) is 0 Å². The maximum absolute atomic E-state index is 5.28. The number of fused-ring (bicyclic) bond motifs is 8. The fraction of sp³-hybridized carbons (Fsp3) is 0.0952. The van der Waals surface area contributed by atoms with Crippen LogP contribution in [-0.4, -0.2) is 9.97 Å². The third-order valence-corrected chi connectivity index (χ3v) is 10.7. The maximum atomic E-state index is 5.28. The van der Waals surface area contributed by atoms with Gasteiger partial charge in [0, 0.05) is 26.5 Å². The Hall–Kier alpha value is -4.99. The fourth-order valence-electron chi connectivity index (χ4n) is 7.63. The predicted molar refractivity (Wildman–Crippen MR) is 186 cm³/mol. The molecule has 3 heteroatoms. The van der Waals surface area contributed by atoms with Crippen molar-refractivity contribution in [2.75, 3.05) is 0 Å². The summed E-state index contributed by atoms with van der Waals surface area (Å²) in [5, 5.41) is 0. The van der Waals surface area contributed by atoms with Gasteiger partial charge in [-0.15, -0.1) is 0 Å². The lowest BCUT2D eigenvalue weighted by atomic mass is 9.64. The van der Waals surface area contributed by atoms with E-state index < -0.39 is 0 Å². The summed E-state index contributed by atoms with van der Waals surface area (Å²) >= 11 is 1.92. The molecular weight excluding hydrogens is 565 g/mol. The van der Waals surface area contributed by atoms with Crippen LogP contribution < -0.4 is 0 Å². The van der Waals surface area contributed by atoms with E-state index in [4.69, 9.17) is 9.97 Å². The number of hydrogen-bond acceptors (Lipinski definition) is 3. The molecule has 0 fully saturated rings. The number of thioether (sulfide) groups is 1. The maximum Gasteiger partial charge on any atom is 0.161 e. The Morgan fingerprint density at radius 3 is 1.96 bits per heavy atom. The van der Waals surface area contributed by atoms with Crippen molar-refractivity contribution >= 4 is 11.8 Å². The van der Waals surface area contributed by atoms with Gasteiger partial charge in [0.2, 0.25) is 0 Å². The van der Waals surface area contributed by atoms with Gasteiger partial charge in [-0.3, -0.25) is 0 Å². The van der Waals surface area contributed by atoms with Gasteiger partial charge in [-0.05, 0) is 57.9 Å². The summed E-state index contributed by atoms with van der Waals surface area (Å²) < 4.78 is 0. The van der Waals surface area contributed by atoms with Gasteiger partial charge >= 0.3 is 0 Å². The summed E-state index contributed by atoms with van der Waals surface area (Å²) in [6, 6.07) is 47.9. The van der Waals surface area contributed by atoms with E-state index in [1.54, 1.807) is 0 Å². The molecular formula is C42H30N2S. The molecule has 1 aromatic heterocycles. The molecule has 2 atom stereocenters. The predicted octanol–water partition coefficient (Wildman–Crippen LogP) is 10.7. The van der Waals surface area contributed by atoms with E-state index in [1.807, 2.05) is 11.8 Å². The topological polar surface area (TPSA) is 25.8 Å². The van der Waals surface area contributed by atoms with E-state index in [2.05, 4.69) is 153 Å². The van der Waals surface area contributed by atoms with Gasteiger partial charge in [0.1, 0.15) is 0 Å². The molecule has 0 N–H and O–H groups in total. The van der Waals surface area contributed by atoms with Gasteiger partial charge in [0.25, 0.3) is 0 Å². The van der Waals surface area contributed by atoms with E-state index in [-0.39, 0.29) is 5.41 Å². The van der Waals surface area contributed by atoms with E-state index in [9.17, 15) is 0 Å². The Balaban J connectivity index is 1.36. The van der Waals surface area contributed by atoms with E-state index in [0.29, 0.717) is 5.92 Å². The van der Waals surface area contributed by atoms with Crippen LogP contribution in [0.2, 0.25) is 0 Å². The Morgan fingerprint density at radius 1 is 0.622 bits per heavy atom. The molecule has 45 heavy (non-hydrogen) atoms. The second kappa shape index (κ2) is 10.3. The quantitative estimate of drug-likeness (QED) is 0.204. The molecule has 3 aliphatic rings. The first kappa shape index (κ1) is 26.4. The minimum atomic E-state index is -0.364. The third-order valence-electron chi connectivity index (χ3n) is 9.54. The van der Waals surface area contributed by atoms with Gasteiger partial charge in [-0.25, -0.2) is 9.97 Å². The summed E-state index contributed by atoms with van der Waals surface area (Å²) in [6.45, 7) is 2.34. The lowest BCUT2D eigenvalue weighted by molar-refractivity contribution is 0.604. The van der Waals surface area contributed by atoms with Crippen molar-refractivity contribution in [3.8, 4) is 45.0 Å². The standard InChI is InChI=1S/C42H30N2S/c1-27-23-24-39-35(25-27)42(33-20-10-11-22-38(33)45-39)32-19-9-8-17-30(32)40-31(18-12-21-34(40)42)41-43-36(28-13-4-2-5-14-28)26-37(44-41)29-15-6-3-7-16-29/h2-24,26-27H,25H2,1H3. The summed E-state index contributed by atoms with van der Waals surface area (Å²) in [4.78, 5) is 13.3. The van der Waals surface area contributed by atoms with Crippen LogP contribution in [0.5, 0.6) is 0 Å². The van der Waals surface area contributed by atoms with Crippen molar-refractivity contribution in [3.05, 3.63) is 173 Å². The summed E-state index contributed by atoms with van der Waals surface area (Å²) in [6.07, 6.45) is 5.78. The normalized spacial score (nSPS) is 19.2.